The molecule has 3 rings (SSSR count). The van der Waals surface area contributed by atoms with Crippen LogP contribution < -0.4 is 0 Å². The van der Waals surface area contributed by atoms with E-state index in [0.717, 1.165) is 13.1 Å². The van der Waals surface area contributed by atoms with Gasteiger partial charge in [0.1, 0.15) is 0 Å². The Bertz CT molecular complexity index is 569. The van der Waals surface area contributed by atoms with Crippen LogP contribution in [0.4, 0.5) is 0 Å². The number of hydrogen-bond donors (Lipinski definition) is 0. The fourth-order valence-corrected chi connectivity index (χ4v) is 3.04. The summed E-state index contributed by atoms with van der Waals surface area (Å²) in [5.41, 5.74) is 0.349. The van der Waals surface area contributed by atoms with Crippen molar-refractivity contribution in [3.8, 4) is 11.6 Å². The highest BCUT2D eigenvalue weighted by Crippen LogP contribution is 2.30. The number of furan rings is 1. The Kier molecular flexibility index (Phi) is 3.85. The van der Waals surface area contributed by atoms with Crippen molar-refractivity contribution in [1.82, 2.24) is 15.0 Å². The van der Waals surface area contributed by atoms with Crippen molar-refractivity contribution >= 4 is 0 Å². The largest absolute Gasteiger partial charge is 0.461 e. The van der Waals surface area contributed by atoms with E-state index in [-0.39, 0.29) is 0 Å². The Morgan fingerprint density at radius 1 is 1.38 bits per heavy atom. The molecule has 3 heterocycles. The van der Waals surface area contributed by atoms with E-state index < -0.39 is 0 Å². The lowest BCUT2D eigenvalue weighted by Crippen LogP contribution is -2.32. The molecule has 0 N–H and O–H groups in total. The molecule has 0 unspecified atom stereocenters. The van der Waals surface area contributed by atoms with Crippen molar-refractivity contribution in [3.63, 3.8) is 0 Å². The Morgan fingerprint density at radius 3 is 2.95 bits per heavy atom. The summed E-state index contributed by atoms with van der Waals surface area (Å²) >= 11 is 0. The zero-order valence-corrected chi connectivity index (χ0v) is 13.0. The first-order chi connectivity index (χ1) is 10.0. The Hall–Kier alpha value is -1.62. The first-order valence-electron chi connectivity index (χ1n) is 7.62. The van der Waals surface area contributed by atoms with E-state index in [0.29, 0.717) is 28.9 Å². The SMILES string of the molecule is CC(C)(C)C[C@H]1CCCN1Cc1nc(-c2ccco2)no1. The molecule has 0 spiro atoms. The highest BCUT2D eigenvalue weighted by molar-refractivity contribution is 5.44. The molecule has 1 saturated heterocycles. The van der Waals surface area contributed by atoms with Crippen LogP contribution >= 0.6 is 0 Å². The average molecular weight is 289 g/mol. The second kappa shape index (κ2) is 5.64. The summed E-state index contributed by atoms with van der Waals surface area (Å²) in [6.45, 7) is 8.73. The summed E-state index contributed by atoms with van der Waals surface area (Å²) in [5.74, 6) is 1.85. The van der Waals surface area contributed by atoms with Crippen LogP contribution in [0.25, 0.3) is 11.6 Å². The quantitative estimate of drug-likeness (QED) is 0.858. The highest BCUT2D eigenvalue weighted by Gasteiger charge is 2.29. The molecular formula is C16H23N3O2. The molecule has 0 bridgehead atoms. The van der Waals surface area contributed by atoms with Crippen LogP contribution in [0.5, 0.6) is 0 Å². The number of rotatable bonds is 4. The van der Waals surface area contributed by atoms with Gasteiger partial charge >= 0.3 is 0 Å². The van der Waals surface area contributed by atoms with Gasteiger partial charge in [0.25, 0.3) is 0 Å². The van der Waals surface area contributed by atoms with Crippen LogP contribution in [-0.2, 0) is 6.54 Å². The summed E-state index contributed by atoms with van der Waals surface area (Å²) in [5, 5.41) is 3.99. The molecule has 1 aliphatic heterocycles. The van der Waals surface area contributed by atoms with E-state index in [1.165, 1.54) is 19.3 Å². The minimum atomic E-state index is 0.349. The van der Waals surface area contributed by atoms with E-state index in [4.69, 9.17) is 8.94 Å². The Morgan fingerprint density at radius 2 is 2.24 bits per heavy atom. The van der Waals surface area contributed by atoms with Gasteiger partial charge in [0.15, 0.2) is 5.76 Å². The molecule has 0 aliphatic carbocycles. The topological polar surface area (TPSA) is 55.3 Å². The van der Waals surface area contributed by atoms with Crippen LogP contribution in [0.2, 0.25) is 0 Å². The zero-order chi connectivity index (χ0) is 14.9. The minimum absolute atomic E-state index is 0.349. The summed E-state index contributed by atoms with van der Waals surface area (Å²) in [4.78, 5) is 6.90. The highest BCUT2D eigenvalue weighted by atomic mass is 16.5. The molecule has 21 heavy (non-hydrogen) atoms. The average Bonchev–Trinajstić information content (AvgIpc) is 3.10. The maximum Gasteiger partial charge on any atom is 0.241 e. The van der Waals surface area contributed by atoms with Crippen molar-refractivity contribution in [2.75, 3.05) is 6.54 Å². The van der Waals surface area contributed by atoms with Gasteiger partial charge in [-0.15, -0.1) is 0 Å². The first kappa shape index (κ1) is 14.3. The van der Waals surface area contributed by atoms with E-state index in [1.54, 1.807) is 6.26 Å². The van der Waals surface area contributed by atoms with Crippen molar-refractivity contribution in [2.45, 2.75) is 52.6 Å². The van der Waals surface area contributed by atoms with Gasteiger partial charge in [-0.25, -0.2) is 0 Å². The lowest BCUT2D eigenvalue weighted by atomic mass is 9.87. The number of nitrogens with zero attached hydrogens (tertiary/aromatic N) is 3. The van der Waals surface area contributed by atoms with Gasteiger partial charge < -0.3 is 8.94 Å². The minimum Gasteiger partial charge on any atom is -0.461 e. The fraction of sp³-hybridized carbons (Fsp3) is 0.625. The molecule has 0 radical (unpaired) electrons. The van der Waals surface area contributed by atoms with Gasteiger partial charge in [0.05, 0.1) is 12.8 Å². The molecule has 0 aromatic carbocycles. The predicted molar refractivity (Wildman–Crippen MR) is 79.5 cm³/mol. The molecule has 0 amide bonds. The molecule has 2 aromatic rings. The number of hydrogen-bond acceptors (Lipinski definition) is 5. The van der Waals surface area contributed by atoms with Gasteiger partial charge in [-0.1, -0.05) is 25.9 Å². The molecule has 1 atom stereocenters. The lowest BCUT2D eigenvalue weighted by molar-refractivity contribution is 0.167. The third-order valence-corrected chi connectivity index (χ3v) is 3.90. The van der Waals surface area contributed by atoms with E-state index in [2.05, 4.69) is 35.8 Å². The van der Waals surface area contributed by atoms with Gasteiger partial charge in [0.2, 0.25) is 11.7 Å². The van der Waals surface area contributed by atoms with Gasteiger partial charge in [-0.05, 0) is 43.4 Å². The fourth-order valence-electron chi connectivity index (χ4n) is 3.04. The molecule has 0 saturated carbocycles. The number of aromatic nitrogens is 2. The van der Waals surface area contributed by atoms with Crippen molar-refractivity contribution < 1.29 is 8.94 Å². The van der Waals surface area contributed by atoms with Crippen LogP contribution in [0, 0.1) is 5.41 Å². The molecule has 2 aromatic heterocycles. The van der Waals surface area contributed by atoms with Crippen molar-refractivity contribution in [3.05, 3.63) is 24.3 Å². The maximum absolute atomic E-state index is 5.37. The van der Waals surface area contributed by atoms with E-state index >= 15 is 0 Å². The van der Waals surface area contributed by atoms with Gasteiger partial charge in [0, 0.05) is 6.04 Å². The smallest absolute Gasteiger partial charge is 0.241 e. The number of likely N-dealkylation sites (tertiary alicyclic amines) is 1. The summed E-state index contributed by atoms with van der Waals surface area (Å²) in [7, 11) is 0. The zero-order valence-electron chi connectivity index (χ0n) is 13.0. The molecule has 5 heteroatoms. The van der Waals surface area contributed by atoms with Crippen molar-refractivity contribution in [1.29, 1.82) is 0 Å². The van der Waals surface area contributed by atoms with E-state index in [9.17, 15) is 0 Å². The second-order valence-corrected chi connectivity index (χ2v) is 7.02. The maximum atomic E-state index is 5.37. The van der Waals surface area contributed by atoms with Crippen LogP contribution in [0.15, 0.2) is 27.3 Å². The van der Waals surface area contributed by atoms with Crippen molar-refractivity contribution in [2.24, 2.45) is 5.41 Å². The summed E-state index contributed by atoms with van der Waals surface area (Å²) in [6, 6.07) is 4.28. The van der Waals surface area contributed by atoms with Crippen LogP contribution in [0.3, 0.4) is 0 Å². The lowest BCUT2D eigenvalue weighted by Gasteiger charge is -2.29. The second-order valence-electron chi connectivity index (χ2n) is 7.02. The van der Waals surface area contributed by atoms with Crippen LogP contribution in [0.1, 0.15) is 45.9 Å². The molecule has 5 nitrogen and oxygen atoms in total. The third-order valence-electron chi connectivity index (χ3n) is 3.90. The molecule has 1 fully saturated rings. The Labute approximate surface area is 125 Å². The Balaban J connectivity index is 1.66. The van der Waals surface area contributed by atoms with Gasteiger partial charge in [-0.2, -0.15) is 4.98 Å². The monoisotopic (exact) mass is 289 g/mol. The summed E-state index contributed by atoms with van der Waals surface area (Å²) in [6.07, 6.45) is 5.33. The van der Waals surface area contributed by atoms with Crippen LogP contribution in [-0.4, -0.2) is 27.6 Å². The first-order valence-corrected chi connectivity index (χ1v) is 7.62. The molecular weight excluding hydrogens is 266 g/mol. The standard InChI is InChI=1S/C16H23N3O2/c1-16(2,3)10-12-6-4-8-19(12)11-14-17-15(18-21-14)13-7-5-9-20-13/h5,7,9,12H,4,6,8,10-11H2,1-3H3/t12-/m1/s1. The third kappa shape index (κ3) is 3.53. The van der Waals surface area contributed by atoms with E-state index in [1.807, 2.05) is 12.1 Å². The molecule has 114 valence electrons. The van der Waals surface area contributed by atoms with Gasteiger partial charge in [-0.3, -0.25) is 4.90 Å². The predicted octanol–water partition coefficient (Wildman–Crippen LogP) is 3.73. The normalized spacial score (nSPS) is 20.2. The summed E-state index contributed by atoms with van der Waals surface area (Å²) < 4.78 is 10.7. The molecule has 1 aliphatic rings.